The van der Waals surface area contributed by atoms with E-state index >= 15 is 0 Å². The van der Waals surface area contributed by atoms with Gasteiger partial charge in [-0.15, -0.1) is 0 Å². The molecule has 2 aromatic carbocycles. The molecule has 3 rings (SSSR count). The van der Waals surface area contributed by atoms with Gasteiger partial charge in [-0.2, -0.15) is 0 Å². The van der Waals surface area contributed by atoms with Crippen LogP contribution in [0.1, 0.15) is 15.9 Å². The monoisotopic (exact) mass is 459 g/mol. The summed E-state index contributed by atoms with van der Waals surface area (Å²) >= 11 is 9.16. The summed E-state index contributed by atoms with van der Waals surface area (Å²) in [6.45, 7) is 0. The fourth-order valence-electron chi connectivity index (χ4n) is 2.23. The van der Waals surface area contributed by atoms with Gasteiger partial charge in [-0.1, -0.05) is 39.7 Å². The number of aromatic nitrogens is 1. The third-order valence-corrected chi connectivity index (χ3v) is 4.41. The van der Waals surface area contributed by atoms with Crippen molar-refractivity contribution in [1.82, 2.24) is 15.8 Å². The summed E-state index contributed by atoms with van der Waals surface area (Å²) in [5, 5.41) is 0.595. The van der Waals surface area contributed by atoms with Gasteiger partial charge in [0.1, 0.15) is 5.75 Å². The zero-order valence-electron chi connectivity index (χ0n) is 14.5. The summed E-state index contributed by atoms with van der Waals surface area (Å²) in [7, 11) is 0. The normalized spacial score (nSPS) is 10.2. The van der Waals surface area contributed by atoms with Crippen molar-refractivity contribution in [2.24, 2.45) is 0 Å². The average Bonchev–Trinajstić information content (AvgIpc) is 2.70. The van der Waals surface area contributed by atoms with Crippen molar-refractivity contribution in [3.8, 4) is 11.6 Å². The fourth-order valence-corrected chi connectivity index (χ4v) is 2.62. The van der Waals surface area contributed by atoms with Gasteiger partial charge in [0.2, 0.25) is 11.8 Å². The highest BCUT2D eigenvalue weighted by molar-refractivity contribution is 9.10. The van der Waals surface area contributed by atoms with Crippen molar-refractivity contribution in [3.05, 3.63) is 87.5 Å². The van der Waals surface area contributed by atoms with Crippen LogP contribution in [0.5, 0.6) is 11.6 Å². The Kier molecular flexibility index (Phi) is 6.62. The molecule has 0 saturated heterocycles. The molecule has 0 aliphatic heterocycles. The highest BCUT2D eigenvalue weighted by atomic mass is 79.9. The van der Waals surface area contributed by atoms with Crippen molar-refractivity contribution >= 4 is 39.3 Å². The Labute approximate surface area is 175 Å². The van der Waals surface area contributed by atoms with E-state index in [1.165, 1.54) is 6.20 Å². The van der Waals surface area contributed by atoms with Crippen LogP contribution in [0.25, 0.3) is 0 Å². The lowest BCUT2D eigenvalue weighted by molar-refractivity contribution is -0.121. The Morgan fingerprint density at radius 2 is 1.68 bits per heavy atom. The molecule has 2 N–H and O–H groups in total. The summed E-state index contributed by atoms with van der Waals surface area (Å²) in [6.07, 6.45) is 1.49. The van der Waals surface area contributed by atoms with Gasteiger partial charge in [-0.05, 0) is 48.0 Å². The molecule has 0 fully saturated rings. The molecule has 0 atom stereocenters. The minimum atomic E-state index is -0.479. The van der Waals surface area contributed by atoms with Crippen LogP contribution in [0.2, 0.25) is 5.02 Å². The minimum absolute atomic E-state index is 0.121. The summed E-state index contributed by atoms with van der Waals surface area (Å²) in [6, 6.07) is 17.3. The van der Waals surface area contributed by atoms with Crippen molar-refractivity contribution in [3.63, 3.8) is 0 Å². The third kappa shape index (κ3) is 5.80. The predicted octanol–water partition coefficient (Wildman–Crippen LogP) is 4.29. The Balaban J connectivity index is 1.50. The topological polar surface area (TPSA) is 80.3 Å². The number of ether oxygens (including phenoxy) is 1. The molecule has 0 saturated carbocycles. The summed E-state index contributed by atoms with van der Waals surface area (Å²) in [5.74, 6) is 0.152. The molecule has 0 bridgehead atoms. The lowest BCUT2D eigenvalue weighted by Gasteiger charge is -2.08. The van der Waals surface area contributed by atoms with Gasteiger partial charge < -0.3 is 4.74 Å². The molecule has 6 nitrogen and oxygen atoms in total. The lowest BCUT2D eigenvalue weighted by atomic mass is 10.1. The van der Waals surface area contributed by atoms with Gasteiger partial charge in [-0.25, -0.2) is 4.98 Å². The molecule has 0 spiro atoms. The largest absolute Gasteiger partial charge is 0.439 e. The van der Waals surface area contributed by atoms with E-state index in [9.17, 15) is 9.59 Å². The second kappa shape index (κ2) is 9.34. The number of rotatable bonds is 5. The van der Waals surface area contributed by atoms with E-state index < -0.39 is 5.91 Å². The maximum absolute atomic E-state index is 12.1. The van der Waals surface area contributed by atoms with Crippen molar-refractivity contribution in [2.75, 3.05) is 0 Å². The first kappa shape index (κ1) is 19.9. The first-order valence-electron chi connectivity index (χ1n) is 8.23. The quantitative estimate of drug-likeness (QED) is 0.557. The van der Waals surface area contributed by atoms with E-state index in [0.717, 1.165) is 10.0 Å². The highest BCUT2D eigenvalue weighted by Gasteiger charge is 2.09. The maximum atomic E-state index is 12.1. The molecular weight excluding hydrogens is 446 g/mol. The number of carbonyl (C=O) groups excluding carboxylic acids is 2. The Morgan fingerprint density at radius 3 is 2.32 bits per heavy atom. The van der Waals surface area contributed by atoms with E-state index in [1.54, 1.807) is 48.5 Å². The number of halogens is 2. The number of hydrazine groups is 1. The van der Waals surface area contributed by atoms with Crippen LogP contribution in [0.15, 0.2) is 71.3 Å². The molecule has 0 radical (unpaired) electrons. The molecule has 0 aliphatic carbocycles. The average molecular weight is 461 g/mol. The maximum Gasteiger partial charge on any atom is 0.271 e. The van der Waals surface area contributed by atoms with Crippen LogP contribution in [0.3, 0.4) is 0 Å². The standard InChI is InChI=1S/C20H15BrClN3O3/c21-15-4-8-17(9-5-15)28-19-10-3-14(12-23-19)20(27)25-24-18(26)11-13-1-6-16(22)7-2-13/h1-10,12H,11H2,(H,24,26)(H,25,27). The van der Waals surface area contributed by atoms with E-state index in [0.29, 0.717) is 16.7 Å². The lowest BCUT2D eigenvalue weighted by Crippen LogP contribution is -2.42. The van der Waals surface area contributed by atoms with Crippen LogP contribution < -0.4 is 15.6 Å². The van der Waals surface area contributed by atoms with Crippen LogP contribution >= 0.6 is 27.5 Å². The van der Waals surface area contributed by atoms with Crippen molar-refractivity contribution in [1.29, 1.82) is 0 Å². The number of hydrogen-bond acceptors (Lipinski definition) is 4. The fraction of sp³-hybridized carbons (Fsp3) is 0.0500. The summed E-state index contributed by atoms with van der Waals surface area (Å²) < 4.78 is 6.54. The number of carbonyl (C=O) groups is 2. The molecular formula is C20H15BrClN3O3. The molecule has 3 aromatic rings. The number of nitrogens with one attached hydrogen (secondary N) is 2. The first-order chi connectivity index (χ1) is 13.5. The number of nitrogens with zero attached hydrogens (tertiary/aromatic N) is 1. The van der Waals surface area contributed by atoms with Crippen molar-refractivity contribution in [2.45, 2.75) is 6.42 Å². The number of pyridine rings is 1. The molecule has 28 heavy (non-hydrogen) atoms. The molecule has 1 aromatic heterocycles. The van der Waals surface area contributed by atoms with E-state index in [2.05, 4.69) is 31.8 Å². The van der Waals surface area contributed by atoms with Crippen LogP contribution in [0, 0.1) is 0 Å². The number of amides is 2. The number of benzene rings is 2. The van der Waals surface area contributed by atoms with Crippen molar-refractivity contribution < 1.29 is 14.3 Å². The van der Waals surface area contributed by atoms with Crippen LogP contribution in [0.4, 0.5) is 0 Å². The molecule has 0 unspecified atom stereocenters. The zero-order chi connectivity index (χ0) is 19.9. The second-order valence-electron chi connectivity index (χ2n) is 5.75. The number of hydrogen-bond donors (Lipinski definition) is 2. The molecule has 2 amide bonds. The van der Waals surface area contributed by atoms with Gasteiger partial charge in [0.25, 0.3) is 5.91 Å². The molecule has 8 heteroatoms. The van der Waals surface area contributed by atoms with Gasteiger partial charge in [-0.3, -0.25) is 20.4 Å². The van der Waals surface area contributed by atoms with Gasteiger partial charge >= 0.3 is 0 Å². The Morgan fingerprint density at radius 1 is 0.964 bits per heavy atom. The summed E-state index contributed by atoms with van der Waals surface area (Å²) in [5.41, 5.74) is 5.80. The second-order valence-corrected chi connectivity index (χ2v) is 7.10. The van der Waals surface area contributed by atoms with E-state index in [1.807, 2.05) is 12.1 Å². The zero-order valence-corrected chi connectivity index (χ0v) is 16.8. The molecule has 0 aliphatic rings. The smallest absolute Gasteiger partial charge is 0.271 e. The highest BCUT2D eigenvalue weighted by Crippen LogP contribution is 2.21. The van der Waals surface area contributed by atoms with E-state index in [-0.39, 0.29) is 17.9 Å². The summed E-state index contributed by atoms with van der Waals surface area (Å²) in [4.78, 5) is 28.1. The molecule has 142 valence electrons. The SMILES string of the molecule is O=C(Cc1ccc(Cl)cc1)NNC(=O)c1ccc(Oc2ccc(Br)cc2)nc1. The van der Waals surface area contributed by atoms with Gasteiger partial charge in [0, 0.05) is 21.8 Å². The minimum Gasteiger partial charge on any atom is -0.439 e. The molecule has 1 heterocycles. The third-order valence-electron chi connectivity index (χ3n) is 3.63. The first-order valence-corrected chi connectivity index (χ1v) is 9.40. The van der Waals surface area contributed by atoms with Gasteiger partial charge in [0.15, 0.2) is 0 Å². The Bertz CT molecular complexity index is 961. The van der Waals surface area contributed by atoms with E-state index in [4.69, 9.17) is 16.3 Å². The van der Waals surface area contributed by atoms with Gasteiger partial charge in [0.05, 0.1) is 12.0 Å². The van der Waals surface area contributed by atoms with Crippen LogP contribution in [-0.4, -0.2) is 16.8 Å². The van der Waals surface area contributed by atoms with Crippen LogP contribution in [-0.2, 0) is 11.2 Å². The Hall–Kier alpha value is -2.90. The predicted molar refractivity (Wildman–Crippen MR) is 109 cm³/mol.